The van der Waals surface area contributed by atoms with Crippen molar-refractivity contribution in [2.45, 2.75) is 504 Å². The summed E-state index contributed by atoms with van der Waals surface area (Å²) in [7, 11) is 3.27. The van der Waals surface area contributed by atoms with Crippen LogP contribution in [-0.2, 0) is 47.6 Å². The van der Waals surface area contributed by atoms with Crippen molar-refractivity contribution in [1.82, 2.24) is 20.4 Å². The molecule has 2 amide bonds. The van der Waals surface area contributed by atoms with Crippen LogP contribution in [0.2, 0.25) is 0 Å². The quantitative estimate of drug-likeness (QED) is 0.0253. The van der Waals surface area contributed by atoms with Gasteiger partial charge >= 0.3 is 36.1 Å². The average Bonchev–Trinajstić information content (AvgIpc) is 0.868. The number of nitrogens with one attached hydrogen (secondary N) is 2. The molecule has 708 valence electrons. The number of ether oxygens (including phenoxy) is 6. The lowest BCUT2D eigenvalue weighted by molar-refractivity contribution is -0.150. The fourth-order valence-electron chi connectivity index (χ4n) is 16.8. The SMILES string of the molecule is CCCCCCCCC(CCCCCC)C(=O)OCCCCCCN(CCCCCCOC(=O)C(CCCCCC)CCCCCCCC)CCCCNC(=O)O[C@@H]1CSSC[C@H]1OC(=O)NCCCCN(CCCCCCOC(=O)C(CCCCCC)CCCCCCCC)CCCCCCOC(=O)C(CCCCCC)CCCCCCCC. The molecule has 1 fully saturated rings. The van der Waals surface area contributed by atoms with Gasteiger partial charge in [-0.2, -0.15) is 0 Å². The first-order valence-electron chi connectivity index (χ1n) is 52.2. The summed E-state index contributed by atoms with van der Waals surface area (Å²) in [6, 6.07) is 0. The molecular formula is C102H196N4O12S2. The Morgan fingerprint density at radius 3 is 0.633 bits per heavy atom. The van der Waals surface area contributed by atoms with Crippen LogP contribution in [0.3, 0.4) is 0 Å². The van der Waals surface area contributed by atoms with E-state index in [1.54, 1.807) is 21.6 Å². The molecule has 0 spiro atoms. The molecule has 16 nitrogen and oxygen atoms in total. The maximum absolute atomic E-state index is 13.4. The number of esters is 4. The number of carbonyl (C=O) groups is 6. The molecule has 0 bridgehead atoms. The van der Waals surface area contributed by atoms with Gasteiger partial charge in [0.2, 0.25) is 0 Å². The minimum Gasteiger partial charge on any atom is -0.465 e. The molecule has 1 aliphatic heterocycles. The Labute approximate surface area is 749 Å². The monoisotopic (exact) mass is 1730 g/mol. The molecule has 0 saturated carbocycles. The van der Waals surface area contributed by atoms with Gasteiger partial charge in [-0.25, -0.2) is 9.59 Å². The molecule has 0 aromatic heterocycles. The third kappa shape index (κ3) is 72.1. The molecule has 0 aromatic rings. The zero-order valence-corrected chi connectivity index (χ0v) is 81.7. The van der Waals surface area contributed by atoms with Gasteiger partial charge < -0.3 is 48.9 Å². The van der Waals surface area contributed by atoms with E-state index >= 15 is 0 Å². The summed E-state index contributed by atoms with van der Waals surface area (Å²) in [6.07, 6.45) is 74.0. The average molecular weight is 1730 g/mol. The minimum absolute atomic E-state index is 0.0210. The van der Waals surface area contributed by atoms with Gasteiger partial charge in [-0.3, -0.25) is 19.2 Å². The van der Waals surface area contributed by atoms with Crippen LogP contribution in [0.25, 0.3) is 0 Å². The highest BCUT2D eigenvalue weighted by atomic mass is 33.1. The molecule has 1 heterocycles. The van der Waals surface area contributed by atoms with Crippen molar-refractivity contribution in [3.05, 3.63) is 0 Å². The number of rotatable bonds is 92. The molecule has 4 unspecified atom stereocenters. The Morgan fingerprint density at radius 1 is 0.242 bits per heavy atom. The lowest BCUT2D eigenvalue weighted by atomic mass is 9.94. The topological polar surface area (TPSA) is 188 Å². The first-order chi connectivity index (χ1) is 58.9. The Morgan fingerprint density at radius 2 is 0.417 bits per heavy atom. The summed E-state index contributed by atoms with van der Waals surface area (Å²) in [6.45, 7) is 26.9. The molecule has 1 rings (SSSR count). The van der Waals surface area contributed by atoms with E-state index in [9.17, 15) is 28.8 Å². The second-order valence-corrected chi connectivity index (χ2v) is 38.7. The Bertz CT molecular complexity index is 2010. The number of amides is 2. The van der Waals surface area contributed by atoms with E-state index in [1.807, 2.05) is 0 Å². The van der Waals surface area contributed by atoms with Crippen molar-refractivity contribution in [1.29, 1.82) is 0 Å². The summed E-state index contributed by atoms with van der Waals surface area (Å²) in [5.74, 6) is 1.29. The van der Waals surface area contributed by atoms with Crippen LogP contribution in [0, 0.1) is 23.7 Å². The maximum Gasteiger partial charge on any atom is 0.407 e. The molecule has 18 heteroatoms. The van der Waals surface area contributed by atoms with Gasteiger partial charge in [0.1, 0.15) is 0 Å². The number of carbonyl (C=O) groups excluding carboxylic acids is 6. The van der Waals surface area contributed by atoms with Gasteiger partial charge in [-0.05, 0) is 168 Å². The van der Waals surface area contributed by atoms with E-state index in [1.165, 1.54) is 205 Å². The van der Waals surface area contributed by atoms with Crippen molar-refractivity contribution >= 4 is 57.7 Å². The molecule has 0 radical (unpaired) electrons. The molecule has 120 heavy (non-hydrogen) atoms. The maximum atomic E-state index is 13.4. The van der Waals surface area contributed by atoms with E-state index in [0.717, 1.165) is 270 Å². The number of alkyl carbamates (subject to hydrolysis) is 2. The standard InChI is InChI=1S/C102H196N4O12S2/c1-9-17-25-33-37-53-73-91(69-49-29-21-13-5)97(107)113-85-65-45-41-59-79-105(80-60-42-46-66-86-114-98(108)92(70-50-30-22-14-6)74-54-38-34-26-18-10-2)83-63-57-77-103-101(111)117-95-89-119-120-90-96(95)118-102(112)104-78-58-64-84-106(81-61-43-47-67-87-115-99(109)93(71-51-31-23-15-7)75-55-39-35-27-19-11-3)82-62-44-48-68-88-116-100(110)94(72-52-32-24-16-8)76-56-40-36-28-20-12-4/h91-96H,9-90H2,1-8H3,(H,103,111)(H,104,112)/t91?,92?,93?,94?,95-,96-/m1/s1. The molecule has 0 aromatic carbocycles. The second-order valence-electron chi connectivity index (χ2n) is 36.1. The van der Waals surface area contributed by atoms with Crippen LogP contribution in [0.15, 0.2) is 0 Å². The number of unbranched alkanes of at least 4 members (excludes halogenated alkanes) is 46. The zero-order valence-electron chi connectivity index (χ0n) is 80.1. The van der Waals surface area contributed by atoms with Crippen molar-refractivity contribution < 1.29 is 57.2 Å². The van der Waals surface area contributed by atoms with E-state index in [0.29, 0.717) is 51.0 Å². The molecule has 1 saturated heterocycles. The van der Waals surface area contributed by atoms with Gasteiger partial charge in [0.05, 0.1) is 50.1 Å². The normalized spacial score (nSPS) is 14.6. The predicted octanol–water partition coefficient (Wildman–Crippen LogP) is 29.5. The highest BCUT2D eigenvalue weighted by Gasteiger charge is 2.33. The Kier molecular flexibility index (Phi) is 85.7. The molecule has 1 aliphatic rings. The summed E-state index contributed by atoms with van der Waals surface area (Å²) in [5.41, 5.74) is 0. The van der Waals surface area contributed by atoms with Crippen molar-refractivity contribution in [3.8, 4) is 0 Å². The van der Waals surface area contributed by atoms with Crippen molar-refractivity contribution in [2.24, 2.45) is 23.7 Å². The van der Waals surface area contributed by atoms with Gasteiger partial charge in [-0.15, -0.1) is 0 Å². The van der Waals surface area contributed by atoms with Gasteiger partial charge in [0.15, 0.2) is 12.2 Å². The highest BCUT2D eigenvalue weighted by Crippen LogP contribution is 2.33. The fraction of sp³-hybridized carbons (Fsp3) is 0.941. The summed E-state index contributed by atoms with van der Waals surface area (Å²) >= 11 is 0. The molecule has 0 aliphatic carbocycles. The Balaban J connectivity index is 2.88. The van der Waals surface area contributed by atoms with Crippen molar-refractivity contribution in [2.75, 3.05) is 90.3 Å². The lowest BCUT2D eigenvalue weighted by Gasteiger charge is -2.29. The predicted molar refractivity (Wildman–Crippen MR) is 511 cm³/mol. The van der Waals surface area contributed by atoms with Crippen LogP contribution in [0.5, 0.6) is 0 Å². The summed E-state index contributed by atoms with van der Waals surface area (Å²) in [5, 5.41) is 6.03. The van der Waals surface area contributed by atoms with E-state index in [4.69, 9.17) is 28.4 Å². The van der Waals surface area contributed by atoms with E-state index in [2.05, 4.69) is 75.8 Å². The highest BCUT2D eigenvalue weighted by molar-refractivity contribution is 8.76. The minimum atomic E-state index is -0.552. The van der Waals surface area contributed by atoms with Crippen LogP contribution in [0.1, 0.15) is 492 Å². The largest absolute Gasteiger partial charge is 0.465 e. The second kappa shape index (κ2) is 89.4. The van der Waals surface area contributed by atoms with Crippen LogP contribution in [-0.4, -0.2) is 148 Å². The van der Waals surface area contributed by atoms with Crippen molar-refractivity contribution in [3.63, 3.8) is 0 Å². The first-order valence-corrected chi connectivity index (χ1v) is 54.6. The van der Waals surface area contributed by atoms with E-state index < -0.39 is 24.4 Å². The van der Waals surface area contributed by atoms with Gasteiger partial charge in [-0.1, -0.05) is 385 Å². The Hall–Kier alpha value is -2.96. The number of nitrogens with zero attached hydrogens (tertiary/aromatic N) is 2. The smallest absolute Gasteiger partial charge is 0.407 e. The van der Waals surface area contributed by atoms with Gasteiger partial charge in [0, 0.05) is 24.6 Å². The summed E-state index contributed by atoms with van der Waals surface area (Å²) in [4.78, 5) is 85.4. The number of hydrogen-bond acceptors (Lipinski definition) is 16. The van der Waals surface area contributed by atoms with Crippen LogP contribution < -0.4 is 10.6 Å². The third-order valence-electron chi connectivity index (χ3n) is 24.9. The lowest BCUT2D eigenvalue weighted by Crippen LogP contribution is -2.44. The molecule has 2 N–H and O–H groups in total. The summed E-state index contributed by atoms with van der Waals surface area (Å²) < 4.78 is 35.8. The fourth-order valence-corrected chi connectivity index (χ4v) is 19.2. The zero-order chi connectivity index (χ0) is 87.1. The molecular weight excluding hydrogens is 1540 g/mol. The van der Waals surface area contributed by atoms with E-state index in [-0.39, 0.29) is 47.5 Å². The van der Waals surface area contributed by atoms with Crippen LogP contribution >= 0.6 is 21.6 Å². The number of hydrogen-bond donors (Lipinski definition) is 2. The first kappa shape index (κ1) is 115. The van der Waals surface area contributed by atoms with Crippen LogP contribution in [0.4, 0.5) is 9.59 Å². The molecule has 6 atom stereocenters. The third-order valence-corrected chi connectivity index (χ3v) is 27.3. The van der Waals surface area contributed by atoms with Gasteiger partial charge in [0.25, 0.3) is 0 Å².